The summed E-state index contributed by atoms with van der Waals surface area (Å²) in [6.07, 6.45) is 17.4. The molecule has 184 valence electrons. The topological polar surface area (TPSA) is 20.2 Å². The van der Waals surface area contributed by atoms with Crippen LogP contribution in [0.1, 0.15) is 80.1 Å². The van der Waals surface area contributed by atoms with E-state index in [0.717, 1.165) is 23.7 Å². The minimum atomic E-state index is -1.60. The number of hydrogen-bond donors (Lipinski definition) is 1. The van der Waals surface area contributed by atoms with E-state index < -0.39 is 8.07 Å². The Morgan fingerprint density at radius 1 is 0.939 bits per heavy atom. The Morgan fingerprint density at radius 2 is 1.64 bits per heavy atom. The van der Waals surface area contributed by atoms with E-state index in [2.05, 4.69) is 85.5 Å². The van der Waals surface area contributed by atoms with Gasteiger partial charge in [-0.05, 0) is 84.3 Å². The summed E-state index contributed by atoms with van der Waals surface area (Å²) >= 11 is 0. The van der Waals surface area contributed by atoms with Crippen molar-refractivity contribution in [2.45, 2.75) is 99.7 Å². The molecule has 4 aliphatic rings. The first-order valence-electron chi connectivity index (χ1n) is 13.9. The van der Waals surface area contributed by atoms with Gasteiger partial charge in [0.2, 0.25) is 0 Å². The van der Waals surface area contributed by atoms with Crippen LogP contribution in [0.2, 0.25) is 19.6 Å². The van der Waals surface area contributed by atoms with Crippen LogP contribution in [0.15, 0.2) is 46.4 Å². The van der Waals surface area contributed by atoms with Crippen LogP contribution in [0.5, 0.6) is 0 Å². The molecule has 0 heterocycles. The van der Waals surface area contributed by atoms with Crippen LogP contribution in [-0.2, 0) is 0 Å². The second-order valence-corrected chi connectivity index (χ2v) is 19.0. The standard InChI is InChI=1S/C31H50OSi/c1-20(2)21(3)10-11-22(4)25-15-16-26-24-14-12-23-13-17-28(33(7,8)9)29(32)31(23,6)27(24)18-19-30(25,26)5/h12-14,17,20-22,25-27,32H,10-11,15-16,18-19H2,1-9H3/t21-,22+,25+,26-,27-,30+,31-/m0/s1. The average Bonchev–Trinajstić information content (AvgIpc) is 3.09. The average molecular weight is 467 g/mol. The van der Waals surface area contributed by atoms with E-state index in [1.165, 1.54) is 49.3 Å². The smallest absolute Gasteiger partial charge is 0.102 e. The minimum Gasteiger partial charge on any atom is -0.511 e. The lowest BCUT2D eigenvalue weighted by atomic mass is 9.51. The van der Waals surface area contributed by atoms with Crippen molar-refractivity contribution >= 4 is 8.07 Å². The molecule has 0 aliphatic heterocycles. The van der Waals surface area contributed by atoms with Gasteiger partial charge in [-0.15, -0.1) is 0 Å². The molecule has 0 saturated heterocycles. The van der Waals surface area contributed by atoms with Crippen LogP contribution in [0.3, 0.4) is 0 Å². The number of allylic oxidation sites excluding steroid dienone is 7. The van der Waals surface area contributed by atoms with E-state index in [0.29, 0.717) is 23.0 Å². The molecule has 0 aromatic carbocycles. The second kappa shape index (κ2) is 8.57. The lowest BCUT2D eigenvalue weighted by molar-refractivity contribution is 0.0518. The van der Waals surface area contributed by atoms with Crippen LogP contribution >= 0.6 is 0 Å². The SMILES string of the molecule is CC(C)[C@@H](C)CC[C@@H](C)[C@H]1CC[C@H]2C3=CC=C4C=CC([Si](C)(C)C)=C(O)[C@]4(C)[C@H]3CC[C@]12C. The zero-order valence-corrected chi connectivity index (χ0v) is 24.0. The highest BCUT2D eigenvalue weighted by Gasteiger charge is 2.58. The van der Waals surface area contributed by atoms with Crippen molar-refractivity contribution in [2.24, 2.45) is 46.3 Å². The Bertz CT molecular complexity index is 896. The summed E-state index contributed by atoms with van der Waals surface area (Å²) in [5.74, 6) is 5.12. The van der Waals surface area contributed by atoms with Gasteiger partial charge in [0.1, 0.15) is 5.76 Å². The predicted octanol–water partition coefficient (Wildman–Crippen LogP) is 9.27. The lowest BCUT2D eigenvalue weighted by Crippen LogP contribution is -2.47. The van der Waals surface area contributed by atoms with Crippen molar-refractivity contribution in [1.29, 1.82) is 0 Å². The summed E-state index contributed by atoms with van der Waals surface area (Å²) in [6.45, 7) is 21.8. The van der Waals surface area contributed by atoms with E-state index in [-0.39, 0.29) is 5.41 Å². The zero-order chi connectivity index (χ0) is 24.3. The highest BCUT2D eigenvalue weighted by atomic mass is 28.3. The van der Waals surface area contributed by atoms with Crippen LogP contribution in [0.25, 0.3) is 0 Å². The van der Waals surface area contributed by atoms with Crippen molar-refractivity contribution in [1.82, 2.24) is 0 Å². The zero-order valence-electron chi connectivity index (χ0n) is 23.0. The highest BCUT2D eigenvalue weighted by Crippen LogP contribution is 2.66. The van der Waals surface area contributed by atoms with Gasteiger partial charge in [-0.3, -0.25) is 0 Å². The van der Waals surface area contributed by atoms with Gasteiger partial charge >= 0.3 is 0 Å². The molecule has 33 heavy (non-hydrogen) atoms. The molecule has 0 bridgehead atoms. The van der Waals surface area contributed by atoms with Gasteiger partial charge in [0.25, 0.3) is 0 Å². The van der Waals surface area contributed by atoms with E-state index in [1.807, 2.05) is 0 Å². The third kappa shape index (κ3) is 3.97. The molecule has 7 atom stereocenters. The number of hydrogen-bond acceptors (Lipinski definition) is 1. The fourth-order valence-corrected chi connectivity index (χ4v) is 9.67. The molecule has 4 rings (SSSR count). The van der Waals surface area contributed by atoms with Gasteiger partial charge in [0.15, 0.2) is 0 Å². The van der Waals surface area contributed by atoms with Gasteiger partial charge in [-0.25, -0.2) is 0 Å². The molecular weight excluding hydrogens is 416 g/mol. The van der Waals surface area contributed by atoms with Crippen LogP contribution in [0, 0.1) is 46.3 Å². The predicted molar refractivity (Wildman–Crippen MR) is 146 cm³/mol. The molecule has 0 radical (unpaired) electrons. The molecule has 2 heteroatoms. The Balaban J connectivity index is 1.61. The third-order valence-corrected chi connectivity index (χ3v) is 12.8. The quantitative estimate of drug-likeness (QED) is 0.387. The summed E-state index contributed by atoms with van der Waals surface area (Å²) in [4.78, 5) is 0. The van der Waals surface area contributed by atoms with Gasteiger partial charge in [0, 0.05) is 0 Å². The maximum absolute atomic E-state index is 11.7. The monoisotopic (exact) mass is 466 g/mol. The Hall–Kier alpha value is -1.02. The first-order chi connectivity index (χ1) is 15.3. The highest BCUT2D eigenvalue weighted by molar-refractivity contribution is 6.83. The van der Waals surface area contributed by atoms with E-state index in [4.69, 9.17) is 0 Å². The molecule has 1 nitrogen and oxygen atoms in total. The molecule has 0 aromatic rings. The van der Waals surface area contributed by atoms with Crippen LogP contribution in [0.4, 0.5) is 0 Å². The maximum Gasteiger partial charge on any atom is 0.102 e. The molecule has 0 spiro atoms. The fourth-order valence-electron chi connectivity index (χ4n) is 8.11. The van der Waals surface area contributed by atoms with E-state index >= 15 is 0 Å². The van der Waals surface area contributed by atoms with Crippen LogP contribution in [-0.4, -0.2) is 13.2 Å². The first kappa shape index (κ1) is 25.1. The van der Waals surface area contributed by atoms with Crippen molar-refractivity contribution in [3.63, 3.8) is 0 Å². The van der Waals surface area contributed by atoms with Gasteiger partial charge in [-0.2, -0.15) is 0 Å². The summed E-state index contributed by atoms with van der Waals surface area (Å²) < 4.78 is 0. The van der Waals surface area contributed by atoms with Gasteiger partial charge < -0.3 is 5.11 Å². The maximum atomic E-state index is 11.7. The van der Waals surface area contributed by atoms with Crippen molar-refractivity contribution in [2.75, 3.05) is 0 Å². The molecule has 0 unspecified atom stereocenters. The largest absolute Gasteiger partial charge is 0.511 e. The normalized spacial score (nSPS) is 37.8. The molecule has 1 N–H and O–H groups in total. The molecule has 2 saturated carbocycles. The molecule has 4 aliphatic carbocycles. The Labute approximate surface area is 205 Å². The first-order valence-corrected chi connectivity index (χ1v) is 17.4. The lowest BCUT2D eigenvalue weighted by Gasteiger charge is -2.54. The van der Waals surface area contributed by atoms with Crippen LogP contribution < -0.4 is 0 Å². The molecular formula is C31H50OSi. The third-order valence-electron chi connectivity index (χ3n) is 10.8. The summed E-state index contributed by atoms with van der Waals surface area (Å²) in [5, 5.41) is 13.0. The Morgan fingerprint density at radius 3 is 2.27 bits per heavy atom. The second-order valence-electron chi connectivity index (χ2n) is 13.9. The van der Waals surface area contributed by atoms with E-state index in [1.54, 1.807) is 5.57 Å². The van der Waals surface area contributed by atoms with Crippen molar-refractivity contribution in [3.05, 3.63) is 46.4 Å². The number of fused-ring (bicyclic) bond motifs is 5. The molecule has 0 aromatic heterocycles. The number of rotatable bonds is 6. The van der Waals surface area contributed by atoms with Crippen molar-refractivity contribution in [3.8, 4) is 0 Å². The number of aliphatic hydroxyl groups is 1. The Kier molecular flexibility index (Phi) is 6.52. The molecule has 0 amide bonds. The van der Waals surface area contributed by atoms with Crippen molar-refractivity contribution < 1.29 is 5.11 Å². The van der Waals surface area contributed by atoms with Gasteiger partial charge in [-0.1, -0.05) is 97.0 Å². The summed E-state index contributed by atoms with van der Waals surface area (Å²) in [7, 11) is -1.60. The molecule has 2 fully saturated rings. The van der Waals surface area contributed by atoms with Gasteiger partial charge in [0.05, 0.1) is 13.5 Å². The number of aliphatic hydroxyl groups excluding tert-OH is 1. The fraction of sp³-hybridized carbons (Fsp3) is 0.742. The minimum absolute atomic E-state index is 0.230. The van der Waals surface area contributed by atoms with E-state index in [9.17, 15) is 5.11 Å². The summed E-state index contributed by atoms with van der Waals surface area (Å²) in [6, 6.07) is 0. The summed E-state index contributed by atoms with van der Waals surface area (Å²) in [5.41, 5.74) is 3.18.